The van der Waals surface area contributed by atoms with E-state index in [-0.39, 0.29) is 0 Å². The summed E-state index contributed by atoms with van der Waals surface area (Å²) in [5.74, 6) is 0.882. The molecular formula is C13H14N2OS. The van der Waals surface area contributed by atoms with E-state index in [9.17, 15) is 0 Å². The Morgan fingerprint density at radius 2 is 1.94 bits per heavy atom. The zero-order valence-electron chi connectivity index (χ0n) is 9.35. The molecule has 88 valence electrons. The molecule has 0 saturated carbocycles. The Kier molecular flexibility index (Phi) is 3.77. The van der Waals surface area contributed by atoms with Gasteiger partial charge in [0.2, 0.25) is 0 Å². The SMILES string of the molecule is NC(=S)NCCOc1cccc2ccccc12. The fraction of sp³-hybridized carbons (Fsp3) is 0.154. The lowest BCUT2D eigenvalue weighted by molar-refractivity contribution is 0.326. The molecule has 0 atom stereocenters. The fourth-order valence-corrected chi connectivity index (χ4v) is 1.76. The summed E-state index contributed by atoms with van der Waals surface area (Å²) in [6.45, 7) is 1.14. The second kappa shape index (κ2) is 5.50. The average molecular weight is 246 g/mol. The van der Waals surface area contributed by atoms with Crippen molar-refractivity contribution in [3.05, 3.63) is 42.5 Å². The third-order valence-electron chi connectivity index (χ3n) is 2.41. The van der Waals surface area contributed by atoms with E-state index in [0.29, 0.717) is 18.3 Å². The molecule has 3 N–H and O–H groups in total. The minimum atomic E-state index is 0.298. The van der Waals surface area contributed by atoms with Crippen molar-refractivity contribution in [3.63, 3.8) is 0 Å². The average Bonchev–Trinajstić information content (AvgIpc) is 2.34. The molecule has 2 aromatic rings. The molecule has 0 unspecified atom stereocenters. The maximum atomic E-state index is 5.69. The van der Waals surface area contributed by atoms with Crippen molar-refractivity contribution in [2.24, 2.45) is 5.73 Å². The molecule has 0 aliphatic rings. The van der Waals surface area contributed by atoms with E-state index in [4.69, 9.17) is 22.7 Å². The van der Waals surface area contributed by atoms with E-state index < -0.39 is 0 Å². The number of rotatable bonds is 4. The largest absolute Gasteiger partial charge is 0.491 e. The molecular weight excluding hydrogens is 232 g/mol. The molecule has 0 amide bonds. The van der Waals surface area contributed by atoms with Crippen LogP contribution < -0.4 is 15.8 Å². The summed E-state index contributed by atoms with van der Waals surface area (Å²) >= 11 is 4.71. The van der Waals surface area contributed by atoms with Gasteiger partial charge < -0.3 is 15.8 Å². The van der Waals surface area contributed by atoms with E-state index in [2.05, 4.69) is 17.4 Å². The van der Waals surface area contributed by atoms with Crippen LogP contribution in [0.25, 0.3) is 10.8 Å². The van der Waals surface area contributed by atoms with Gasteiger partial charge in [0.15, 0.2) is 5.11 Å². The van der Waals surface area contributed by atoms with Crippen molar-refractivity contribution in [2.45, 2.75) is 0 Å². The minimum absolute atomic E-state index is 0.298. The van der Waals surface area contributed by atoms with Crippen LogP contribution in [0.4, 0.5) is 0 Å². The standard InChI is InChI=1S/C13H14N2OS/c14-13(17)15-8-9-16-12-7-3-5-10-4-1-2-6-11(10)12/h1-7H,8-9H2,(H3,14,15,17). The number of nitrogens with two attached hydrogens (primary N) is 1. The van der Waals surface area contributed by atoms with Crippen LogP contribution in [0.2, 0.25) is 0 Å². The highest BCUT2D eigenvalue weighted by Crippen LogP contribution is 2.24. The van der Waals surface area contributed by atoms with Crippen LogP contribution in [0.3, 0.4) is 0 Å². The zero-order valence-corrected chi connectivity index (χ0v) is 10.2. The molecule has 0 bridgehead atoms. The Bertz CT molecular complexity index is 522. The van der Waals surface area contributed by atoms with E-state index in [1.165, 1.54) is 5.39 Å². The summed E-state index contributed by atoms with van der Waals surface area (Å²) in [7, 11) is 0. The highest BCUT2D eigenvalue weighted by molar-refractivity contribution is 7.80. The third kappa shape index (κ3) is 3.07. The maximum Gasteiger partial charge on any atom is 0.163 e. The van der Waals surface area contributed by atoms with Gasteiger partial charge in [0.25, 0.3) is 0 Å². The molecule has 3 nitrogen and oxygen atoms in total. The van der Waals surface area contributed by atoms with Crippen LogP contribution in [0.1, 0.15) is 0 Å². The molecule has 2 aromatic carbocycles. The Balaban J connectivity index is 2.05. The molecule has 4 heteroatoms. The number of hydrogen-bond acceptors (Lipinski definition) is 2. The molecule has 0 heterocycles. The minimum Gasteiger partial charge on any atom is -0.491 e. The first kappa shape index (κ1) is 11.7. The molecule has 0 fully saturated rings. The summed E-state index contributed by atoms with van der Waals surface area (Å²) in [6.07, 6.45) is 0. The van der Waals surface area contributed by atoms with Crippen LogP contribution in [0, 0.1) is 0 Å². The highest BCUT2D eigenvalue weighted by atomic mass is 32.1. The lowest BCUT2D eigenvalue weighted by atomic mass is 10.1. The third-order valence-corrected chi connectivity index (χ3v) is 2.55. The van der Waals surface area contributed by atoms with Gasteiger partial charge in [-0.2, -0.15) is 0 Å². The Morgan fingerprint density at radius 1 is 1.18 bits per heavy atom. The number of ether oxygens (including phenoxy) is 1. The van der Waals surface area contributed by atoms with E-state index in [1.54, 1.807) is 0 Å². The van der Waals surface area contributed by atoms with Gasteiger partial charge in [-0.1, -0.05) is 36.4 Å². The Hall–Kier alpha value is -1.81. The highest BCUT2D eigenvalue weighted by Gasteiger charge is 2.00. The van der Waals surface area contributed by atoms with Crippen LogP contribution in [0.5, 0.6) is 5.75 Å². The van der Waals surface area contributed by atoms with Crippen molar-refractivity contribution in [2.75, 3.05) is 13.2 Å². The molecule has 2 rings (SSSR count). The summed E-state index contributed by atoms with van der Waals surface area (Å²) < 4.78 is 5.69. The van der Waals surface area contributed by atoms with Crippen LogP contribution in [-0.2, 0) is 0 Å². The molecule has 17 heavy (non-hydrogen) atoms. The fourth-order valence-electron chi connectivity index (χ4n) is 1.66. The van der Waals surface area contributed by atoms with Gasteiger partial charge in [0.1, 0.15) is 12.4 Å². The van der Waals surface area contributed by atoms with Crippen molar-refractivity contribution >= 4 is 28.1 Å². The topological polar surface area (TPSA) is 47.3 Å². The first-order valence-corrected chi connectivity index (χ1v) is 5.82. The summed E-state index contributed by atoms with van der Waals surface area (Å²) in [5.41, 5.74) is 5.33. The number of thiocarbonyl (C=S) groups is 1. The molecule has 0 saturated heterocycles. The van der Waals surface area contributed by atoms with E-state index >= 15 is 0 Å². The number of fused-ring (bicyclic) bond motifs is 1. The normalized spacial score (nSPS) is 10.1. The first-order valence-electron chi connectivity index (χ1n) is 5.41. The zero-order chi connectivity index (χ0) is 12.1. The summed E-state index contributed by atoms with van der Waals surface area (Å²) in [5, 5.41) is 5.44. The quantitative estimate of drug-likeness (QED) is 0.640. The summed E-state index contributed by atoms with van der Waals surface area (Å²) in [4.78, 5) is 0. The lowest BCUT2D eigenvalue weighted by Gasteiger charge is -2.09. The van der Waals surface area contributed by atoms with Crippen molar-refractivity contribution in [1.29, 1.82) is 0 Å². The smallest absolute Gasteiger partial charge is 0.163 e. The Labute approximate surface area is 106 Å². The number of nitrogens with one attached hydrogen (secondary N) is 1. The molecule has 0 spiro atoms. The van der Waals surface area contributed by atoms with Gasteiger partial charge in [0.05, 0.1) is 6.54 Å². The van der Waals surface area contributed by atoms with Crippen molar-refractivity contribution < 1.29 is 4.74 Å². The Morgan fingerprint density at radius 3 is 2.76 bits per heavy atom. The summed E-state index contributed by atoms with van der Waals surface area (Å²) in [6, 6.07) is 14.1. The maximum absolute atomic E-state index is 5.69. The van der Waals surface area contributed by atoms with Gasteiger partial charge in [-0.25, -0.2) is 0 Å². The van der Waals surface area contributed by atoms with Crippen LogP contribution >= 0.6 is 12.2 Å². The van der Waals surface area contributed by atoms with Gasteiger partial charge in [-0.15, -0.1) is 0 Å². The molecule has 0 aromatic heterocycles. The molecule has 0 radical (unpaired) electrons. The van der Waals surface area contributed by atoms with Crippen molar-refractivity contribution in [1.82, 2.24) is 5.32 Å². The van der Waals surface area contributed by atoms with Gasteiger partial charge in [-0.3, -0.25) is 0 Å². The number of hydrogen-bond donors (Lipinski definition) is 2. The van der Waals surface area contributed by atoms with E-state index in [0.717, 1.165) is 11.1 Å². The van der Waals surface area contributed by atoms with Crippen LogP contribution in [0.15, 0.2) is 42.5 Å². The lowest BCUT2D eigenvalue weighted by Crippen LogP contribution is -2.32. The van der Waals surface area contributed by atoms with E-state index in [1.807, 2.05) is 30.3 Å². The monoisotopic (exact) mass is 246 g/mol. The molecule has 0 aliphatic heterocycles. The second-order valence-corrected chi connectivity index (χ2v) is 4.06. The van der Waals surface area contributed by atoms with Gasteiger partial charge in [-0.05, 0) is 23.7 Å². The predicted molar refractivity (Wildman–Crippen MR) is 74.2 cm³/mol. The van der Waals surface area contributed by atoms with Gasteiger partial charge >= 0.3 is 0 Å². The first-order chi connectivity index (χ1) is 8.27. The van der Waals surface area contributed by atoms with Gasteiger partial charge in [0, 0.05) is 5.39 Å². The number of benzene rings is 2. The van der Waals surface area contributed by atoms with Crippen LogP contribution in [-0.4, -0.2) is 18.3 Å². The molecule has 0 aliphatic carbocycles. The predicted octanol–water partition coefficient (Wildman–Crippen LogP) is 2.05. The second-order valence-electron chi connectivity index (χ2n) is 3.62. The van der Waals surface area contributed by atoms with Crippen molar-refractivity contribution in [3.8, 4) is 5.75 Å².